The van der Waals surface area contributed by atoms with Crippen LogP contribution in [0.4, 0.5) is 14.5 Å². The number of para-hydroxylation sites is 2. The monoisotopic (exact) mass is 225 g/mol. The van der Waals surface area contributed by atoms with Gasteiger partial charge >= 0.3 is 5.92 Å². The SMILES string of the molecule is CC(F)(F)C(=O)/C=C1\Nc2ccccc2O1. The molecule has 1 N–H and O–H groups in total. The van der Waals surface area contributed by atoms with Crippen LogP contribution in [0.5, 0.6) is 5.75 Å². The van der Waals surface area contributed by atoms with Crippen LogP contribution in [0.25, 0.3) is 0 Å². The Kier molecular flexibility index (Phi) is 2.38. The van der Waals surface area contributed by atoms with Gasteiger partial charge in [-0.1, -0.05) is 12.1 Å². The summed E-state index contributed by atoms with van der Waals surface area (Å²) in [7, 11) is 0. The van der Waals surface area contributed by atoms with Gasteiger partial charge in [-0.2, -0.15) is 8.78 Å². The number of carbonyl (C=O) groups excluding carboxylic acids is 1. The summed E-state index contributed by atoms with van der Waals surface area (Å²) in [6, 6.07) is 6.93. The van der Waals surface area contributed by atoms with E-state index in [4.69, 9.17) is 4.74 Å². The molecule has 1 aliphatic rings. The molecule has 2 rings (SSSR count). The van der Waals surface area contributed by atoms with Gasteiger partial charge in [0.25, 0.3) is 0 Å². The van der Waals surface area contributed by atoms with Gasteiger partial charge in [0.2, 0.25) is 11.7 Å². The lowest BCUT2D eigenvalue weighted by atomic mass is 10.2. The van der Waals surface area contributed by atoms with Crippen molar-refractivity contribution in [1.29, 1.82) is 0 Å². The first-order chi connectivity index (χ1) is 7.47. The van der Waals surface area contributed by atoms with Crippen LogP contribution in [0.15, 0.2) is 36.2 Å². The number of fused-ring (bicyclic) bond motifs is 1. The van der Waals surface area contributed by atoms with Crippen LogP contribution in [0.3, 0.4) is 0 Å². The van der Waals surface area contributed by atoms with Gasteiger partial charge in [0.1, 0.15) is 0 Å². The van der Waals surface area contributed by atoms with Crippen LogP contribution in [0.1, 0.15) is 6.92 Å². The number of ether oxygens (including phenoxy) is 1. The molecule has 0 fully saturated rings. The third-order valence-corrected chi connectivity index (χ3v) is 2.06. The molecule has 0 unspecified atom stereocenters. The number of rotatable bonds is 2. The molecule has 0 bridgehead atoms. The van der Waals surface area contributed by atoms with Gasteiger partial charge in [-0.3, -0.25) is 4.79 Å². The van der Waals surface area contributed by atoms with Crippen molar-refractivity contribution in [1.82, 2.24) is 0 Å². The van der Waals surface area contributed by atoms with E-state index in [-0.39, 0.29) is 5.88 Å². The van der Waals surface area contributed by atoms with Gasteiger partial charge in [0.05, 0.1) is 5.69 Å². The lowest BCUT2D eigenvalue weighted by Crippen LogP contribution is -2.23. The molecule has 0 aliphatic carbocycles. The Bertz CT molecular complexity index is 436. The van der Waals surface area contributed by atoms with Crippen molar-refractivity contribution in [3.05, 3.63) is 36.2 Å². The van der Waals surface area contributed by atoms with E-state index in [1.165, 1.54) is 0 Å². The molecular formula is C11H9F2NO2. The summed E-state index contributed by atoms with van der Waals surface area (Å²) in [6.45, 7) is 0.550. The first-order valence-corrected chi connectivity index (χ1v) is 4.65. The standard InChI is InChI=1S/C11H9F2NO2/c1-11(12,13)9(15)6-10-14-7-4-2-3-5-8(7)16-10/h2-6,14H,1H3/b10-6+. The van der Waals surface area contributed by atoms with E-state index < -0.39 is 11.7 Å². The van der Waals surface area contributed by atoms with E-state index in [9.17, 15) is 13.6 Å². The van der Waals surface area contributed by atoms with Crippen molar-refractivity contribution in [3.8, 4) is 5.75 Å². The lowest BCUT2D eigenvalue weighted by molar-refractivity contribution is -0.135. The molecule has 0 spiro atoms. The molecule has 0 saturated carbocycles. The Hall–Kier alpha value is -1.91. The van der Waals surface area contributed by atoms with E-state index in [1.807, 2.05) is 0 Å². The number of carbonyl (C=O) groups is 1. The van der Waals surface area contributed by atoms with Crippen LogP contribution in [-0.4, -0.2) is 11.7 Å². The molecule has 3 nitrogen and oxygen atoms in total. The summed E-state index contributed by atoms with van der Waals surface area (Å²) in [6.07, 6.45) is 0.764. The maximum atomic E-state index is 12.6. The predicted octanol–water partition coefficient (Wildman–Crippen LogP) is 2.56. The minimum atomic E-state index is -3.38. The number of ketones is 1. The molecule has 0 atom stereocenters. The summed E-state index contributed by atoms with van der Waals surface area (Å²) >= 11 is 0. The highest BCUT2D eigenvalue weighted by Gasteiger charge is 2.31. The molecule has 0 amide bonds. The average Bonchev–Trinajstić information content (AvgIpc) is 2.58. The fraction of sp³-hybridized carbons (Fsp3) is 0.182. The number of anilines is 1. The van der Waals surface area contributed by atoms with Crippen molar-refractivity contribution in [3.63, 3.8) is 0 Å². The Morgan fingerprint density at radius 1 is 1.44 bits per heavy atom. The Morgan fingerprint density at radius 3 is 2.75 bits per heavy atom. The predicted molar refractivity (Wildman–Crippen MR) is 54.4 cm³/mol. The van der Waals surface area contributed by atoms with Crippen molar-refractivity contribution in [2.45, 2.75) is 12.8 Å². The maximum absolute atomic E-state index is 12.6. The van der Waals surface area contributed by atoms with E-state index >= 15 is 0 Å². The minimum absolute atomic E-state index is 0.0210. The molecule has 1 heterocycles. The van der Waals surface area contributed by atoms with Crippen molar-refractivity contribution in [2.24, 2.45) is 0 Å². The second-order valence-electron chi connectivity index (χ2n) is 3.48. The normalized spacial score (nSPS) is 16.6. The van der Waals surface area contributed by atoms with Crippen molar-refractivity contribution in [2.75, 3.05) is 5.32 Å². The third-order valence-electron chi connectivity index (χ3n) is 2.06. The Morgan fingerprint density at radius 2 is 2.12 bits per heavy atom. The second-order valence-corrected chi connectivity index (χ2v) is 3.48. The largest absolute Gasteiger partial charge is 0.439 e. The number of nitrogens with one attached hydrogen (secondary N) is 1. The summed E-state index contributed by atoms with van der Waals surface area (Å²) in [4.78, 5) is 11.0. The minimum Gasteiger partial charge on any atom is -0.439 e. The molecule has 5 heteroatoms. The highest BCUT2D eigenvalue weighted by Crippen LogP contribution is 2.32. The van der Waals surface area contributed by atoms with Crippen LogP contribution in [-0.2, 0) is 4.79 Å². The van der Waals surface area contributed by atoms with E-state index in [2.05, 4.69) is 5.32 Å². The number of halogens is 2. The highest BCUT2D eigenvalue weighted by molar-refractivity contribution is 5.96. The zero-order valence-corrected chi connectivity index (χ0v) is 8.46. The molecule has 84 valence electrons. The zero-order valence-electron chi connectivity index (χ0n) is 8.46. The Balaban J connectivity index is 2.18. The maximum Gasteiger partial charge on any atom is 0.306 e. The summed E-state index contributed by atoms with van der Waals surface area (Å²) in [5, 5.41) is 2.72. The molecule has 1 aromatic carbocycles. The first kappa shape index (κ1) is 10.6. The van der Waals surface area contributed by atoms with Gasteiger partial charge in [0.15, 0.2) is 5.75 Å². The summed E-state index contributed by atoms with van der Waals surface area (Å²) in [5.41, 5.74) is 0.654. The molecule has 0 radical (unpaired) electrons. The topological polar surface area (TPSA) is 38.3 Å². The smallest absolute Gasteiger partial charge is 0.306 e. The number of alkyl halides is 2. The highest BCUT2D eigenvalue weighted by atomic mass is 19.3. The second kappa shape index (κ2) is 3.59. The fourth-order valence-corrected chi connectivity index (χ4v) is 1.25. The number of allylic oxidation sites excluding steroid dienone is 1. The first-order valence-electron chi connectivity index (χ1n) is 4.65. The van der Waals surface area contributed by atoms with Crippen LogP contribution < -0.4 is 10.1 Å². The van der Waals surface area contributed by atoms with E-state index in [0.717, 1.165) is 6.08 Å². The lowest BCUT2D eigenvalue weighted by Gasteiger charge is -2.05. The zero-order chi connectivity index (χ0) is 11.8. The molecule has 0 aromatic heterocycles. The van der Waals surface area contributed by atoms with Gasteiger partial charge in [-0.05, 0) is 12.1 Å². The van der Waals surface area contributed by atoms with Gasteiger partial charge in [-0.25, -0.2) is 0 Å². The number of hydrogen-bond acceptors (Lipinski definition) is 3. The molecule has 1 aromatic rings. The Labute approximate surface area is 90.7 Å². The van der Waals surface area contributed by atoms with Crippen LogP contribution in [0.2, 0.25) is 0 Å². The average molecular weight is 225 g/mol. The van der Waals surface area contributed by atoms with Crippen LogP contribution in [0, 0.1) is 0 Å². The summed E-state index contributed by atoms with van der Waals surface area (Å²) in [5.74, 6) is -4.14. The molecule has 16 heavy (non-hydrogen) atoms. The van der Waals surface area contributed by atoms with Crippen molar-refractivity contribution >= 4 is 11.5 Å². The number of benzene rings is 1. The number of hydrogen-bond donors (Lipinski definition) is 1. The summed E-state index contributed by atoms with van der Waals surface area (Å²) < 4.78 is 30.4. The molecule has 1 aliphatic heterocycles. The molecular weight excluding hydrogens is 216 g/mol. The van der Waals surface area contributed by atoms with Crippen LogP contribution >= 0.6 is 0 Å². The van der Waals surface area contributed by atoms with E-state index in [1.54, 1.807) is 24.3 Å². The van der Waals surface area contributed by atoms with Gasteiger partial charge in [0, 0.05) is 13.0 Å². The van der Waals surface area contributed by atoms with E-state index in [0.29, 0.717) is 18.4 Å². The fourth-order valence-electron chi connectivity index (χ4n) is 1.25. The van der Waals surface area contributed by atoms with Gasteiger partial charge < -0.3 is 10.1 Å². The molecule has 0 saturated heterocycles. The quantitative estimate of drug-likeness (QED) is 0.786. The van der Waals surface area contributed by atoms with Crippen molar-refractivity contribution < 1.29 is 18.3 Å². The third kappa shape index (κ3) is 2.03. The van der Waals surface area contributed by atoms with Gasteiger partial charge in [-0.15, -0.1) is 0 Å².